The highest BCUT2D eigenvalue weighted by Gasteiger charge is 2.22. The van der Waals surface area contributed by atoms with Crippen LogP contribution in [-0.2, 0) is 14.3 Å². The van der Waals surface area contributed by atoms with Crippen molar-refractivity contribution in [2.75, 3.05) is 11.9 Å². The van der Waals surface area contributed by atoms with Gasteiger partial charge in [-0.1, -0.05) is 18.2 Å². The van der Waals surface area contributed by atoms with E-state index in [1.807, 2.05) is 32.0 Å². The maximum Gasteiger partial charge on any atom is 0.375 e. The first-order valence-electron chi connectivity index (χ1n) is 10.3. The van der Waals surface area contributed by atoms with E-state index in [9.17, 15) is 24.5 Å². The third-order valence-corrected chi connectivity index (χ3v) is 4.99. The lowest BCUT2D eigenvalue weighted by molar-refractivity contribution is -0.384. The lowest BCUT2D eigenvalue weighted by atomic mass is 10.1. The Kier molecular flexibility index (Phi) is 7.42. The molecule has 2 N–H and O–H groups in total. The van der Waals surface area contributed by atoms with Crippen molar-refractivity contribution in [3.63, 3.8) is 0 Å². The zero-order valence-corrected chi connectivity index (χ0v) is 18.8. The van der Waals surface area contributed by atoms with Crippen molar-refractivity contribution in [1.29, 1.82) is 0 Å². The lowest BCUT2D eigenvalue weighted by Gasteiger charge is -2.14. The number of nitrogens with zero attached hydrogens (tertiary/aromatic N) is 1. The number of nitro groups is 1. The average Bonchev–Trinajstić information content (AvgIpc) is 3.30. The molecule has 34 heavy (non-hydrogen) atoms. The van der Waals surface area contributed by atoms with Gasteiger partial charge < -0.3 is 19.8 Å². The van der Waals surface area contributed by atoms with Gasteiger partial charge in [-0.15, -0.1) is 0 Å². The largest absolute Gasteiger partial charge is 0.449 e. The first kappa shape index (κ1) is 24.2. The summed E-state index contributed by atoms with van der Waals surface area (Å²) in [6.07, 6.45) is -1.17. The van der Waals surface area contributed by atoms with Crippen LogP contribution >= 0.6 is 0 Å². The summed E-state index contributed by atoms with van der Waals surface area (Å²) < 4.78 is 10.6. The molecule has 3 rings (SSSR count). The number of para-hydroxylation sites is 1. The number of esters is 1. The molecule has 0 fully saturated rings. The number of ether oxygens (including phenoxy) is 1. The zero-order chi connectivity index (χ0) is 24.8. The second kappa shape index (κ2) is 10.4. The molecule has 0 aliphatic heterocycles. The SMILES string of the molecule is Cc1cccc(C)c1NC(=O)CNC(=O)C(C)OC(=O)c1ccc(-c2ccc([N+](=O)[O-])cc2)o1. The number of non-ortho nitro benzene ring substituents is 1. The van der Waals surface area contributed by atoms with E-state index in [4.69, 9.17) is 9.15 Å². The molecule has 0 saturated heterocycles. The zero-order valence-electron chi connectivity index (χ0n) is 18.8. The van der Waals surface area contributed by atoms with Crippen LogP contribution in [0.5, 0.6) is 0 Å². The molecule has 0 radical (unpaired) electrons. The molecule has 0 saturated carbocycles. The molecule has 3 aromatic rings. The van der Waals surface area contributed by atoms with E-state index in [1.54, 1.807) is 0 Å². The van der Waals surface area contributed by atoms with Crippen molar-refractivity contribution < 1.29 is 28.5 Å². The number of aryl methyl sites for hydroxylation is 2. The Labute approximate surface area is 195 Å². The van der Waals surface area contributed by atoms with E-state index in [0.29, 0.717) is 17.0 Å². The summed E-state index contributed by atoms with van der Waals surface area (Å²) in [5.74, 6) is -1.76. The van der Waals surface area contributed by atoms with Crippen molar-refractivity contribution in [1.82, 2.24) is 5.32 Å². The van der Waals surface area contributed by atoms with Gasteiger partial charge in [-0.25, -0.2) is 4.79 Å². The Hall–Kier alpha value is -4.47. The minimum absolute atomic E-state index is 0.0718. The van der Waals surface area contributed by atoms with Crippen LogP contribution in [0.4, 0.5) is 11.4 Å². The van der Waals surface area contributed by atoms with Gasteiger partial charge in [-0.2, -0.15) is 0 Å². The van der Waals surface area contributed by atoms with Crippen molar-refractivity contribution in [2.24, 2.45) is 0 Å². The third-order valence-electron chi connectivity index (χ3n) is 4.99. The van der Waals surface area contributed by atoms with E-state index in [1.165, 1.54) is 43.3 Å². The minimum atomic E-state index is -1.17. The molecule has 1 heterocycles. The standard InChI is InChI=1S/C24H23N3O7/c1-14-5-4-6-15(2)22(14)26-21(28)13-25-23(29)16(3)33-24(30)20-12-11-19(34-20)17-7-9-18(10-8-17)27(31)32/h4-12,16H,13H2,1-3H3,(H,25,29)(H,26,28). The van der Waals surface area contributed by atoms with Gasteiger partial charge in [0, 0.05) is 23.4 Å². The van der Waals surface area contributed by atoms with Crippen LogP contribution in [0.25, 0.3) is 11.3 Å². The number of furan rings is 1. The summed E-state index contributed by atoms with van der Waals surface area (Å²) in [5.41, 5.74) is 2.94. The first-order valence-corrected chi connectivity index (χ1v) is 10.3. The second-order valence-corrected chi connectivity index (χ2v) is 7.55. The molecule has 1 aromatic heterocycles. The maximum absolute atomic E-state index is 12.3. The van der Waals surface area contributed by atoms with Crippen molar-refractivity contribution >= 4 is 29.2 Å². The highest BCUT2D eigenvalue weighted by molar-refractivity contribution is 5.97. The van der Waals surface area contributed by atoms with E-state index < -0.39 is 28.8 Å². The molecule has 176 valence electrons. The minimum Gasteiger partial charge on any atom is -0.449 e. The van der Waals surface area contributed by atoms with Gasteiger partial charge in [-0.05, 0) is 56.2 Å². The highest BCUT2D eigenvalue weighted by Crippen LogP contribution is 2.25. The molecule has 10 heteroatoms. The van der Waals surface area contributed by atoms with Crippen LogP contribution in [0.1, 0.15) is 28.6 Å². The fourth-order valence-corrected chi connectivity index (χ4v) is 3.13. The number of nitro benzene ring substituents is 1. The Morgan fingerprint density at radius 2 is 1.68 bits per heavy atom. The summed E-state index contributed by atoms with van der Waals surface area (Å²) in [6, 6.07) is 14.1. The number of benzene rings is 2. The summed E-state index contributed by atoms with van der Waals surface area (Å²) >= 11 is 0. The van der Waals surface area contributed by atoms with Gasteiger partial charge in [0.2, 0.25) is 11.7 Å². The number of amides is 2. The molecule has 0 aliphatic rings. The fourth-order valence-electron chi connectivity index (χ4n) is 3.13. The highest BCUT2D eigenvalue weighted by atomic mass is 16.6. The molecule has 1 unspecified atom stereocenters. The molecule has 2 amide bonds. The van der Waals surface area contributed by atoms with Crippen LogP contribution in [0, 0.1) is 24.0 Å². The van der Waals surface area contributed by atoms with Gasteiger partial charge in [0.05, 0.1) is 11.5 Å². The predicted molar refractivity (Wildman–Crippen MR) is 123 cm³/mol. The Balaban J connectivity index is 1.52. The molecule has 0 bridgehead atoms. The van der Waals surface area contributed by atoms with Crippen LogP contribution in [0.3, 0.4) is 0 Å². The van der Waals surface area contributed by atoms with Crippen molar-refractivity contribution in [3.05, 3.63) is 81.6 Å². The van der Waals surface area contributed by atoms with E-state index in [0.717, 1.165) is 11.1 Å². The summed E-state index contributed by atoms with van der Waals surface area (Å²) in [6.45, 7) is 4.81. The van der Waals surface area contributed by atoms with Gasteiger partial charge in [0.15, 0.2) is 6.10 Å². The molecular weight excluding hydrogens is 442 g/mol. The predicted octanol–water partition coefficient (Wildman–Crippen LogP) is 3.77. The molecule has 10 nitrogen and oxygen atoms in total. The summed E-state index contributed by atoms with van der Waals surface area (Å²) in [5, 5.41) is 15.9. The maximum atomic E-state index is 12.3. The van der Waals surface area contributed by atoms with Gasteiger partial charge in [0.25, 0.3) is 11.6 Å². The number of nitrogens with one attached hydrogen (secondary N) is 2. The topological polar surface area (TPSA) is 141 Å². The second-order valence-electron chi connectivity index (χ2n) is 7.55. The van der Waals surface area contributed by atoms with Crippen molar-refractivity contribution in [3.8, 4) is 11.3 Å². The molecule has 1 atom stereocenters. The Morgan fingerprint density at radius 1 is 1.03 bits per heavy atom. The molecular formula is C24H23N3O7. The van der Waals surface area contributed by atoms with E-state index in [2.05, 4.69) is 10.6 Å². The van der Waals surface area contributed by atoms with Crippen LogP contribution in [-0.4, -0.2) is 35.4 Å². The van der Waals surface area contributed by atoms with Crippen LogP contribution in [0.15, 0.2) is 59.0 Å². The van der Waals surface area contributed by atoms with Crippen LogP contribution in [0.2, 0.25) is 0 Å². The third kappa shape index (κ3) is 5.85. The van der Waals surface area contributed by atoms with Gasteiger partial charge >= 0.3 is 5.97 Å². The summed E-state index contributed by atoms with van der Waals surface area (Å²) in [4.78, 5) is 47.0. The van der Waals surface area contributed by atoms with Crippen molar-refractivity contribution in [2.45, 2.75) is 26.9 Å². The Bertz CT molecular complexity index is 1210. The number of hydrogen-bond acceptors (Lipinski definition) is 7. The van der Waals surface area contributed by atoms with E-state index >= 15 is 0 Å². The molecule has 0 aliphatic carbocycles. The van der Waals surface area contributed by atoms with Crippen LogP contribution < -0.4 is 10.6 Å². The lowest BCUT2D eigenvalue weighted by Crippen LogP contribution is -2.40. The molecule has 2 aromatic carbocycles. The monoisotopic (exact) mass is 465 g/mol. The first-order chi connectivity index (χ1) is 16.2. The number of carbonyl (C=O) groups is 3. The van der Waals surface area contributed by atoms with E-state index in [-0.39, 0.29) is 18.0 Å². The normalized spacial score (nSPS) is 11.4. The Morgan fingerprint density at radius 3 is 2.29 bits per heavy atom. The molecule has 0 spiro atoms. The number of carbonyl (C=O) groups excluding carboxylic acids is 3. The fraction of sp³-hybridized carbons (Fsp3) is 0.208. The number of hydrogen-bond donors (Lipinski definition) is 2. The number of anilines is 1. The quantitative estimate of drug-likeness (QED) is 0.293. The van der Waals surface area contributed by atoms with Gasteiger partial charge in [0.1, 0.15) is 5.76 Å². The van der Waals surface area contributed by atoms with Gasteiger partial charge in [-0.3, -0.25) is 19.7 Å². The average molecular weight is 465 g/mol. The smallest absolute Gasteiger partial charge is 0.375 e. The summed E-state index contributed by atoms with van der Waals surface area (Å²) in [7, 11) is 0. The number of rotatable bonds is 8.